The third-order valence-electron chi connectivity index (χ3n) is 3.14. The molecular formula is C12H18N2. The molecule has 1 aromatic heterocycles. The van der Waals surface area contributed by atoms with E-state index in [2.05, 4.69) is 17.1 Å². The first-order chi connectivity index (χ1) is 6.71. The Morgan fingerprint density at radius 2 is 1.93 bits per heavy atom. The monoisotopic (exact) mass is 190 g/mol. The number of rotatable bonds is 1. The van der Waals surface area contributed by atoms with E-state index in [0.717, 1.165) is 24.2 Å². The molecule has 0 amide bonds. The molecule has 2 nitrogen and oxygen atoms in total. The lowest BCUT2D eigenvalue weighted by atomic mass is 9.80. The van der Waals surface area contributed by atoms with Gasteiger partial charge in [-0.2, -0.15) is 0 Å². The fourth-order valence-electron chi connectivity index (χ4n) is 2.26. The van der Waals surface area contributed by atoms with Gasteiger partial charge in [0.2, 0.25) is 0 Å². The molecule has 2 N–H and O–H groups in total. The van der Waals surface area contributed by atoms with Crippen LogP contribution in [-0.2, 0) is 5.54 Å². The van der Waals surface area contributed by atoms with Crippen LogP contribution in [0.4, 0.5) is 0 Å². The second kappa shape index (κ2) is 3.70. The summed E-state index contributed by atoms with van der Waals surface area (Å²) >= 11 is 0. The van der Waals surface area contributed by atoms with E-state index in [4.69, 9.17) is 5.73 Å². The highest BCUT2D eigenvalue weighted by Crippen LogP contribution is 2.33. The Morgan fingerprint density at radius 1 is 1.21 bits per heavy atom. The highest BCUT2D eigenvalue weighted by Gasteiger charge is 2.30. The van der Waals surface area contributed by atoms with Crippen LogP contribution in [0.3, 0.4) is 0 Å². The zero-order valence-electron chi connectivity index (χ0n) is 8.79. The summed E-state index contributed by atoms with van der Waals surface area (Å²) in [6, 6.07) is 6.15. The van der Waals surface area contributed by atoms with Gasteiger partial charge in [-0.15, -0.1) is 0 Å². The van der Waals surface area contributed by atoms with Crippen molar-refractivity contribution < 1.29 is 0 Å². The molecule has 14 heavy (non-hydrogen) atoms. The van der Waals surface area contributed by atoms with Crippen LogP contribution in [0.15, 0.2) is 18.2 Å². The average Bonchev–Trinajstić information content (AvgIpc) is 2.19. The van der Waals surface area contributed by atoms with E-state index in [1.165, 1.54) is 19.3 Å². The number of aryl methyl sites for hydroxylation is 1. The van der Waals surface area contributed by atoms with Crippen LogP contribution in [0.1, 0.15) is 43.5 Å². The summed E-state index contributed by atoms with van der Waals surface area (Å²) < 4.78 is 0. The SMILES string of the molecule is Cc1cccc(C2(N)CCCCC2)n1. The lowest BCUT2D eigenvalue weighted by molar-refractivity contribution is 0.294. The highest BCUT2D eigenvalue weighted by molar-refractivity contribution is 5.18. The van der Waals surface area contributed by atoms with E-state index in [1.54, 1.807) is 0 Å². The normalized spacial score (nSPS) is 20.7. The molecule has 1 saturated carbocycles. The minimum atomic E-state index is -0.149. The number of aromatic nitrogens is 1. The molecule has 0 atom stereocenters. The molecule has 1 aliphatic carbocycles. The van der Waals surface area contributed by atoms with Gasteiger partial charge < -0.3 is 5.73 Å². The summed E-state index contributed by atoms with van der Waals surface area (Å²) in [4.78, 5) is 4.54. The molecule has 0 spiro atoms. The lowest BCUT2D eigenvalue weighted by Crippen LogP contribution is -2.39. The van der Waals surface area contributed by atoms with Gasteiger partial charge in [-0.05, 0) is 31.9 Å². The van der Waals surface area contributed by atoms with Gasteiger partial charge >= 0.3 is 0 Å². The van der Waals surface area contributed by atoms with Crippen LogP contribution < -0.4 is 5.73 Å². The van der Waals surface area contributed by atoms with E-state index in [0.29, 0.717) is 0 Å². The van der Waals surface area contributed by atoms with Crippen LogP contribution in [0.2, 0.25) is 0 Å². The van der Waals surface area contributed by atoms with Gasteiger partial charge in [-0.25, -0.2) is 0 Å². The first-order valence-corrected chi connectivity index (χ1v) is 5.44. The largest absolute Gasteiger partial charge is 0.320 e. The average molecular weight is 190 g/mol. The minimum absolute atomic E-state index is 0.149. The Labute approximate surface area is 85.5 Å². The second-order valence-corrected chi connectivity index (χ2v) is 4.38. The van der Waals surface area contributed by atoms with Crippen molar-refractivity contribution in [2.75, 3.05) is 0 Å². The van der Waals surface area contributed by atoms with Crippen molar-refractivity contribution in [1.29, 1.82) is 0 Å². The number of nitrogens with zero attached hydrogens (tertiary/aromatic N) is 1. The molecule has 2 rings (SSSR count). The van der Waals surface area contributed by atoms with E-state index in [1.807, 2.05) is 13.0 Å². The molecule has 0 aromatic carbocycles. The predicted octanol–water partition coefficient (Wildman–Crippen LogP) is 2.51. The van der Waals surface area contributed by atoms with Gasteiger partial charge in [0.1, 0.15) is 0 Å². The molecule has 76 valence electrons. The molecule has 0 radical (unpaired) electrons. The van der Waals surface area contributed by atoms with Gasteiger partial charge in [0.15, 0.2) is 0 Å². The zero-order chi connectivity index (χ0) is 10.0. The summed E-state index contributed by atoms with van der Waals surface area (Å²) in [6.07, 6.45) is 5.98. The second-order valence-electron chi connectivity index (χ2n) is 4.38. The van der Waals surface area contributed by atoms with Crippen LogP contribution in [0.25, 0.3) is 0 Å². The molecule has 1 aromatic rings. The van der Waals surface area contributed by atoms with Gasteiger partial charge in [0, 0.05) is 5.69 Å². The van der Waals surface area contributed by atoms with Gasteiger partial charge in [-0.1, -0.05) is 25.3 Å². The molecule has 0 aliphatic heterocycles. The van der Waals surface area contributed by atoms with E-state index in [9.17, 15) is 0 Å². The topological polar surface area (TPSA) is 38.9 Å². The van der Waals surface area contributed by atoms with Crippen molar-refractivity contribution in [1.82, 2.24) is 4.98 Å². The van der Waals surface area contributed by atoms with E-state index >= 15 is 0 Å². The Bertz CT molecular complexity index is 314. The summed E-state index contributed by atoms with van der Waals surface area (Å²) in [5, 5.41) is 0. The first kappa shape index (κ1) is 9.66. The van der Waals surface area contributed by atoms with Crippen LogP contribution in [0.5, 0.6) is 0 Å². The Balaban J connectivity index is 2.28. The summed E-state index contributed by atoms with van der Waals surface area (Å²) in [5.41, 5.74) is 8.39. The molecule has 0 saturated heterocycles. The summed E-state index contributed by atoms with van der Waals surface area (Å²) in [7, 11) is 0. The molecule has 0 bridgehead atoms. The van der Waals surface area contributed by atoms with Crippen molar-refractivity contribution >= 4 is 0 Å². The van der Waals surface area contributed by atoms with E-state index < -0.39 is 0 Å². The van der Waals surface area contributed by atoms with Crippen molar-refractivity contribution in [3.8, 4) is 0 Å². The van der Waals surface area contributed by atoms with Gasteiger partial charge in [0.25, 0.3) is 0 Å². The quantitative estimate of drug-likeness (QED) is 0.739. The zero-order valence-corrected chi connectivity index (χ0v) is 8.79. The molecule has 2 heteroatoms. The summed E-state index contributed by atoms with van der Waals surface area (Å²) in [6.45, 7) is 2.02. The summed E-state index contributed by atoms with van der Waals surface area (Å²) in [5.74, 6) is 0. The maximum atomic E-state index is 6.39. The highest BCUT2D eigenvalue weighted by atomic mass is 14.8. The van der Waals surface area contributed by atoms with Gasteiger partial charge in [-0.3, -0.25) is 4.98 Å². The predicted molar refractivity (Wildman–Crippen MR) is 57.9 cm³/mol. The Kier molecular flexibility index (Phi) is 2.55. The van der Waals surface area contributed by atoms with Crippen molar-refractivity contribution in [3.63, 3.8) is 0 Å². The number of hydrogen-bond donors (Lipinski definition) is 1. The van der Waals surface area contributed by atoms with Crippen molar-refractivity contribution in [2.45, 2.75) is 44.6 Å². The van der Waals surface area contributed by atoms with Crippen LogP contribution in [0, 0.1) is 6.92 Å². The standard InChI is InChI=1S/C12H18N2/c1-10-6-5-7-11(14-10)12(13)8-3-2-4-9-12/h5-7H,2-4,8-9,13H2,1H3. The molecule has 0 unspecified atom stereocenters. The lowest BCUT2D eigenvalue weighted by Gasteiger charge is -2.32. The van der Waals surface area contributed by atoms with Crippen LogP contribution in [-0.4, -0.2) is 4.98 Å². The maximum absolute atomic E-state index is 6.39. The Hall–Kier alpha value is -0.890. The molecular weight excluding hydrogens is 172 g/mol. The Morgan fingerprint density at radius 3 is 2.57 bits per heavy atom. The smallest absolute Gasteiger partial charge is 0.0605 e. The number of nitrogens with two attached hydrogens (primary N) is 1. The molecule has 1 heterocycles. The van der Waals surface area contributed by atoms with E-state index in [-0.39, 0.29) is 5.54 Å². The fraction of sp³-hybridized carbons (Fsp3) is 0.583. The number of pyridine rings is 1. The maximum Gasteiger partial charge on any atom is 0.0605 e. The van der Waals surface area contributed by atoms with Crippen molar-refractivity contribution in [3.05, 3.63) is 29.6 Å². The van der Waals surface area contributed by atoms with Gasteiger partial charge in [0.05, 0.1) is 11.2 Å². The first-order valence-electron chi connectivity index (χ1n) is 5.44. The number of hydrogen-bond acceptors (Lipinski definition) is 2. The third-order valence-corrected chi connectivity index (χ3v) is 3.14. The third kappa shape index (κ3) is 1.80. The van der Waals surface area contributed by atoms with Crippen LogP contribution >= 0.6 is 0 Å². The van der Waals surface area contributed by atoms with Crippen molar-refractivity contribution in [2.24, 2.45) is 5.73 Å². The molecule has 1 fully saturated rings. The minimum Gasteiger partial charge on any atom is -0.320 e. The fourth-order valence-corrected chi connectivity index (χ4v) is 2.26. The molecule has 1 aliphatic rings.